The van der Waals surface area contributed by atoms with Gasteiger partial charge in [0.15, 0.2) is 0 Å². The van der Waals surface area contributed by atoms with E-state index in [2.05, 4.69) is 5.32 Å². The molecule has 9 heteroatoms. The molecular formula is C17H16ClN3O4S. The summed E-state index contributed by atoms with van der Waals surface area (Å²) >= 11 is 5.89. The minimum absolute atomic E-state index is 0.0985. The Labute approximate surface area is 155 Å². The zero-order valence-corrected chi connectivity index (χ0v) is 15.2. The van der Waals surface area contributed by atoms with Crippen LogP contribution < -0.4 is 15.4 Å². The van der Waals surface area contributed by atoms with Crippen LogP contribution in [-0.2, 0) is 10.0 Å². The predicted octanol–water partition coefficient (Wildman–Crippen LogP) is 2.23. The Morgan fingerprint density at radius 2 is 1.92 bits per heavy atom. The number of nitrogens with one attached hydrogen (secondary N) is 1. The van der Waals surface area contributed by atoms with E-state index in [0.29, 0.717) is 29.9 Å². The fourth-order valence-electron chi connectivity index (χ4n) is 2.73. The summed E-state index contributed by atoms with van der Waals surface area (Å²) in [6, 6.07) is 10.8. The minimum atomic E-state index is -3.33. The van der Waals surface area contributed by atoms with E-state index in [1.54, 1.807) is 24.3 Å². The van der Waals surface area contributed by atoms with Crippen LogP contribution in [0.2, 0.25) is 5.02 Å². The third-order valence-electron chi connectivity index (χ3n) is 3.99. The number of benzene rings is 2. The van der Waals surface area contributed by atoms with Crippen molar-refractivity contribution in [2.24, 2.45) is 5.73 Å². The molecule has 0 bridgehead atoms. The third-order valence-corrected chi connectivity index (χ3v) is 6.18. The number of nitrogens with two attached hydrogens (primary N) is 1. The number of hydrogen-bond acceptors (Lipinski definition) is 4. The first-order chi connectivity index (χ1) is 12.3. The van der Waals surface area contributed by atoms with Gasteiger partial charge in [0.2, 0.25) is 15.9 Å². The molecule has 1 fully saturated rings. The van der Waals surface area contributed by atoms with Gasteiger partial charge in [0.1, 0.15) is 0 Å². The van der Waals surface area contributed by atoms with E-state index in [1.165, 1.54) is 22.5 Å². The van der Waals surface area contributed by atoms with Crippen molar-refractivity contribution < 1.29 is 18.0 Å². The lowest BCUT2D eigenvalue weighted by atomic mass is 10.1. The fourth-order valence-corrected chi connectivity index (χ4v) is 4.49. The molecule has 7 nitrogen and oxygen atoms in total. The summed E-state index contributed by atoms with van der Waals surface area (Å²) in [5.74, 6) is -1.04. The molecule has 0 saturated carbocycles. The van der Waals surface area contributed by atoms with E-state index < -0.39 is 21.8 Å². The van der Waals surface area contributed by atoms with Crippen LogP contribution in [0.1, 0.15) is 27.1 Å². The molecule has 2 aromatic rings. The minimum Gasteiger partial charge on any atom is -0.366 e. The van der Waals surface area contributed by atoms with Gasteiger partial charge in [0.05, 0.1) is 22.0 Å². The van der Waals surface area contributed by atoms with Crippen molar-refractivity contribution in [1.29, 1.82) is 0 Å². The predicted molar refractivity (Wildman–Crippen MR) is 100 cm³/mol. The van der Waals surface area contributed by atoms with E-state index >= 15 is 0 Å². The highest BCUT2D eigenvalue weighted by atomic mass is 35.5. The molecule has 3 rings (SSSR count). The molecular weight excluding hydrogens is 378 g/mol. The molecule has 0 aliphatic carbocycles. The van der Waals surface area contributed by atoms with Gasteiger partial charge in [-0.1, -0.05) is 17.7 Å². The monoisotopic (exact) mass is 393 g/mol. The summed E-state index contributed by atoms with van der Waals surface area (Å²) in [6.07, 6.45) is 0.555. The standard InChI is InChI=1S/C17H16ClN3O4S/c18-15-6-5-12(10-14(15)16(19)22)20-17(23)11-3-1-4-13(9-11)21-7-2-8-26(21,24)25/h1,3-6,9-10H,2,7-8H2,(H2,19,22)(H,20,23). The highest BCUT2D eigenvalue weighted by Gasteiger charge is 2.28. The van der Waals surface area contributed by atoms with Gasteiger partial charge in [0.25, 0.3) is 5.91 Å². The Bertz CT molecular complexity index is 991. The number of hydrogen-bond donors (Lipinski definition) is 2. The number of nitrogens with zero attached hydrogens (tertiary/aromatic N) is 1. The van der Waals surface area contributed by atoms with Gasteiger partial charge >= 0.3 is 0 Å². The van der Waals surface area contributed by atoms with Gasteiger partial charge in [-0.3, -0.25) is 13.9 Å². The van der Waals surface area contributed by atoms with E-state index in [4.69, 9.17) is 17.3 Å². The second kappa shape index (κ2) is 6.97. The van der Waals surface area contributed by atoms with Gasteiger partial charge < -0.3 is 11.1 Å². The number of halogens is 1. The van der Waals surface area contributed by atoms with Crippen molar-refractivity contribution in [2.45, 2.75) is 6.42 Å². The molecule has 1 aliphatic rings. The van der Waals surface area contributed by atoms with Crippen molar-refractivity contribution in [1.82, 2.24) is 0 Å². The summed E-state index contributed by atoms with van der Waals surface area (Å²) in [6.45, 7) is 0.395. The molecule has 2 amide bonds. The average molecular weight is 394 g/mol. The fraction of sp³-hybridized carbons (Fsp3) is 0.176. The first-order valence-electron chi connectivity index (χ1n) is 7.79. The molecule has 1 saturated heterocycles. The second-order valence-corrected chi connectivity index (χ2v) is 8.23. The SMILES string of the molecule is NC(=O)c1cc(NC(=O)c2cccc(N3CCCS3(=O)=O)c2)ccc1Cl. The van der Waals surface area contributed by atoms with Crippen LogP contribution in [0.3, 0.4) is 0 Å². The summed E-state index contributed by atoms with van der Waals surface area (Å²) in [5.41, 5.74) is 6.43. The number of rotatable bonds is 4. The first kappa shape index (κ1) is 18.2. The van der Waals surface area contributed by atoms with Crippen molar-refractivity contribution in [3.05, 3.63) is 58.6 Å². The van der Waals surface area contributed by atoms with E-state index in [-0.39, 0.29) is 16.3 Å². The summed E-state index contributed by atoms with van der Waals surface area (Å²) < 4.78 is 25.4. The lowest BCUT2D eigenvalue weighted by Crippen LogP contribution is -2.25. The van der Waals surface area contributed by atoms with Crippen LogP contribution in [0.25, 0.3) is 0 Å². The van der Waals surface area contributed by atoms with Crippen LogP contribution in [0.5, 0.6) is 0 Å². The number of carbonyl (C=O) groups is 2. The Kier molecular flexibility index (Phi) is 4.88. The molecule has 1 aliphatic heterocycles. The van der Waals surface area contributed by atoms with Gasteiger partial charge in [0, 0.05) is 17.8 Å². The highest BCUT2D eigenvalue weighted by Crippen LogP contribution is 2.25. The molecule has 0 atom stereocenters. The molecule has 26 heavy (non-hydrogen) atoms. The highest BCUT2D eigenvalue weighted by molar-refractivity contribution is 7.93. The maximum atomic E-state index is 12.5. The number of anilines is 2. The Hall–Kier alpha value is -2.58. The Morgan fingerprint density at radius 1 is 1.15 bits per heavy atom. The zero-order chi connectivity index (χ0) is 18.9. The quantitative estimate of drug-likeness (QED) is 0.829. The molecule has 0 aromatic heterocycles. The molecule has 2 aromatic carbocycles. The summed E-state index contributed by atoms with van der Waals surface area (Å²) in [7, 11) is -3.33. The van der Waals surface area contributed by atoms with E-state index in [0.717, 1.165) is 0 Å². The second-order valence-electron chi connectivity index (χ2n) is 5.81. The smallest absolute Gasteiger partial charge is 0.255 e. The molecule has 1 heterocycles. The molecule has 0 unspecified atom stereocenters. The van der Waals surface area contributed by atoms with E-state index in [9.17, 15) is 18.0 Å². The Balaban J connectivity index is 1.84. The van der Waals surface area contributed by atoms with Crippen molar-refractivity contribution >= 4 is 44.8 Å². The normalized spacial score (nSPS) is 15.7. The van der Waals surface area contributed by atoms with Crippen LogP contribution in [0.4, 0.5) is 11.4 Å². The lowest BCUT2D eigenvalue weighted by molar-refractivity contribution is 0.0996. The topological polar surface area (TPSA) is 110 Å². The van der Waals surface area contributed by atoms with Crippen molar-refractivity contribution in [3.8, 4) is 0 Å². The summed E-state index contributed by atoms with van der Waals surface area (Å²) in [5, 5.41) is 2.84. The molecule has 136 valence electrons. The first-order valence-corrected chi connectivity index (χ1v) is 9.78. The molecule has 0 spiro atoms. The van der Waals surface area contributed by atoms with Crippen LogP contribution in [0.15, 0.2) is 42.5 Å². The van der Waals surface area contributed by atoms with Crippen LogP contribution in [0, 0.1) is 0 Å². The maximum Gasteiger partial charge on any atom is 0.255 e. The van der Waals surface area contributed by atoms with Crippen molar-refractivity contribution in [2.75, 3.05) is 21.9 Å². The van der Waals surface area contributed by atoms with Gasteiger partial charge in [-0.05, 0) is 42.8 Å². The van der Waals surface area contributed by atoms with Crippen LogP contribution >= 0.6 is 11.6 Å². The number of carbonyl (C=O) groups excluding carboxylic acids is 2. The average Bonchev–Trinajstić information content (AvgIpc) is 2.95. The van der Waals surface area contributed by atoms with Crippen LogP contribution in [-0.4, -0.2) is 32.5 Å². The number of primary amides is 1. The van der Waals surface area contributed by atoms with Gasteiger partial charge in [-0.15, -0.1) is 0 Å². The zero-order valence-electron chi connectivity index (χ0n) is 13.6. The van der Waals surface area contributed by atoms with E-state index in [1.807, 2.05) is 0 Å². The Morgan fingerprint density at radius 3 is 2.58 bits per heavy atom. The largest absolute Gasteiger partial charge is 0.366 e. The van der Waals surface area contributed by atoms with Crippen molar-refractivity contribution in [3.63, 3.8) is 0 Å². The molecule has 0 radical (unpaired) electrons. The number of amides is 2. The molecule has 3 N–H and O–H groups in total. The number of sulfonamides is 1. The maximum absolute atomic E-state index is 12.5. The van der Waals surface area contributed by atoms with Gasteiger partial charge in [-0.25, -0.2) is 8.42 Å². The summed E-state index contributed by atoms with van der Waals surface area (Å²) in [4.78, 5) is 23.8. The van der Waals surface area contributed by atoms with Gasteiger partial charge in [-0.2, -0.15) is 0 Å². The third kappa shape index (κ3) is 3.66. The lowest BCUT2D eigenvalue weighted by Gasteiger charge is -2.17.